The van der Waals surface area contributed by atoms with E-state index in [-0.39, 0.29) is 5.78 Å². The van der Waals surface area contributed by atoms with Crippen LogP contribution in [0.15, 0.2) is 72.9 Å². The zero-order chi connectivity index (χ0) is 24.8. The summed E-state index contributed by atoms with van der Waals surface area (Å²) in [6.45, 7) is 2.04. The highest BCUT2D eigenvalue weighted by Crippen LogP contribution is 2.28. The molecule has 0 radical (unpaired) electrons. The lowest BCUT2D eigenvalue weighted by molar-refractivity contribution is 0.105. The van der Waals surface area contributed by atoms with Gasteiger partial charge in [0, 0.05) is 28.0 Å². The van der Waals surface area contributed by atoms with Gasteiger partial charge in [0.2, 0.25) is 0 Å². The van der Waals surface area contributed by atoms with E-state index in [0.29, 0.717) is 22.8 Å². The van der Waals surface area contributed by atoms with Crippen molar-refractivity contribution in [2.75, 3.05) is 5.32 Å². The zero-order valence-corrected chi connectivity index (χ0v) is 20.6. The number of nitrogens with one attached hydrogen (secondary N) is 1. The number of pyridine rings is 1. The minimum absolute atomic E-state index is 0.0106. The van der Waals surface area contributed by atoms with Crippen LogP contribution in [0.2, 0.25) is 5.02 Å². The molecule has 4 aromatic rings. The maximum absolute atomic E-state index is 13.6. The number of hydrogen-bond acceptors (Lipinski definition) is 4. The summed E-state index contributed by atoms with van der Waals surface area (Å²) >= 11 is 6.41. The molecular formula is C31H25ClN2O2. The first-order valence-corrected chi connectivity index (χ1v) is 12.6. The molecule has 2 aliphatic carbocycles. The Morgan fingerprint density at radius 3 is 2.61 bits per heavy atom. The third-order valence-corrected chi connectivity index (χ3v) is 7.54. The smallest absolute Gasteiger partial charge is 0.191 e. The summed E-state index contributed by atoms with van der Waals surface area (Å²) in [5, 5.41) is 18.8. The number of aryl methyl sites for hydroxylation is 1. The number of hydrogen-bond donors (Lipinski definition) is 2. The molecule has 3 aromatic carbocycles. The van der Waals surface area contributed by atoms with Crippen molar-refractivity contribution in [1.29, 1.82) is 0 Å². The van der Waals surface area contributed by atoms with Gasteiger partial charge in [-0.25, -0.2) is 4.98 Å². The Labute approximate surface area is 213 Å². The van der Waals surface area contributed by atoms with Gasteiger partial charge in [-0.3, -0.25) is 4.79 Å². The second-order valence-corrected chi connectivity index (χ2v) is 9.81. The van der Waals surface area contributed by atoms with Gasteiger partial charge in [0.1, 0.15) is 5.82 Å². The molecule has 2 aliphatic rings. The number of fused-ring (bicyclic) bond motifs is 4. The number of aliphatic hydroxyl groups excluding tert-OH is 1. The van der Waals surface area contributed by atoms with Crippen molar-refractivity contribution in [2.24, 2.45) is 0 Å². The van der Waals surface area contributed by atoms with E-state index in [1.54, 1.807) is 6.20 Å². The van der Waals surface area contributed by atoms with Crippen molar-refractivity contribution in [3.05, 3.63) is 121 Å². The van der Waals surface area contributed by atoms with Gasteiger partial charge in [0.15, 0.2) is 5.78 Å². The molecule has 0 spiro atoms. The number of para-hydroxylation sites is 1. The van der Waals surface area contributed by atoms with Crippen LogP contribution in [0, 0.1) is 17.4 Å². The molecule has 5 heteroatoms. The molecule has 6 rings (SSSR count). The molecule has 1 atom stereocenters. The Morgan fingerprint density at radius 1 is 0.972 bits per heavy atom. The van der Waals surface area contributed by atoms with Gasteiger partial charge in [-0.15, -0.1) is 0 Å². The Kier molecular flexibility index (Phi) is 5.71. The number of anilines is 2. The molecule has 1 heterocycles. The van der Waals surface area contributed by atoms with Crippen molar-refractivity contribution in [2.45, 2.75) is 32.3 Å². The van der Waals surface area contributed by atoms with Gasteiger partial charge >= 0.3 is 0 Å². The van der Waals surface area contributed by atoms with E-state index in [9.17, 15) is 9.90 Å². The van der Waals surface area contributed by atoms with Crippen molar-refractivity contribution >= 4 is 40.5 Å². The van der Waals surface area contributed by atoms with Crippen molar-refractivity contribution < 1.29 is 9.90 Å². The predicted octanol–water partition coefficient (Wildman–Crippen LogP) is 5.27. The highest BCUT2D eigenvalue weighted by atomic mass is 35.5. The molecule has 0 saturated carbocycles. The van der Waals surface area contributed by atoms with E-state index in [1.807, 2.05) is 79.7 Å². The number of carbonyl (C=O) groups excluding carboxylic acids is 1. The molecule has 4 nitrogen and oxygen atoms in total. The molecule has 2 N–H and O–H groups in total. The fourth-order valence-electron chi connectivity index (χ4n) is 5.41. The number of halogens is 1. The Morgan fingerprint density at radius 2 is 1.81 bits per heavy atom. The number of Topliss-reactive ketones (excluding diaryl/α,β-unsaturated/α-hetero) is 1. The highest BCUT2D eigenvalue weighted by Gasteiger charge is 2.24. The molecule has 0 amide bonds. The van der Waals surface area contributed by atoms with Crippen LogP contribution < -0.4 is 15.8 Å². The largest absolute Gasteiger partial charge is 0.384 e. The van der Waals surface area contributed by atoms with Gasteiger partial charge in [-0.2, -0.15) is 0 Å². The number of aliphatic hydroxyl groups is 1. The third-order valence-electron chi connectivity index (χ3n) is 7.21. The highest BCUT2D eigenvalue weighted by molar-refractivity contribution is 6.30. The van der Waals surface area contributed by atoms with Gasteiger partial charge in [-0.05, 0) is 94.1 Å². The van der Waals surface area contributed by atoms with Gasteiger partial charge in [0.05, 0.1) is 6.10 Å². The zero-order valence-electron chi connectivity index (χ0n) is 19.9. The molecule has 36 heavy (non-hydrogen) atoms. The minimum Gasteiger partial charge on any atom is -0.384 e. The quantitative estimate of drug-likeness (QED) is 0.381. The van der Waals surface area contributed by atoms with E-state index >= 15 is 0 Å². The second kappa shape index (κ2) is 9.05. The van der Waals surface area contributed by atoms with E-state index in [2.05, 4.69) is 10.3 Å². The Balaban J connectivity index is 1.43. The summed E-state index contributed by atoms with van der Waals surface area (Å²) in [4.78, 5) is 18.1. The lowest BCUT2D eigenvalue weighted by atomic mass is 9.83. The van der Waals surface area contributed by atoms with E-state index < -0.39 is 6.10 Å². The Bertz CT molecular complexity index is 1740. The van der Waals surface area contributed by atoms with Gasteiger partial charge in [-0.1, -0.05) is 54.1 Å². The molecule has 1 aromatic heterocycles. The summed E-state index contributed by atoms with van der Waals surface area (Å²) in [6.07, 6.45) is 5.10. The average Bonchev–Trinajstić information content (AvgIpc) is 2.90. The summed E-state index contributed by atoms with van der Waals surface area (Å²) in [6, 6.07) is 21.5. The van der Waals surface area contributed by atoms with Crippen LogP contribution in [0.5, 0.6) is 0 Å². The standard InChI is InChI=1S/C31H25ClN2O2/c1-18-6-2-3-11-27(18)34-29-15-12-19(17-33-29)31(36)24-9-4-8-22-21(24)13-14-23-20-7-5-10-26(32)25(20)16-28(35)30(22)23/h2-3,5-7,10-17,28,35H,4,8-9H2,1H3,(H,33,34). The van der Waals surface area contributed by atoms with Gasteiger partial charge < -0.3 is 10.4 Å². The number of aromatic nitrogens is 1. The summed E-state index contributed by atoms with van der Waals surface area (Å²) in [5.74, 6) is 0.684. The third kappa shape index (κ3) is 3.83. The summed E-state index contributed by atoms with van der Waals surface area (Å²) in [5.41, 5.74) is 5.41. The van der Waals surface area contributed by atoms with Crippen LogP contribution in [0.3, 0.4) is 0 Å². The fraction of sp³-hybridized carbons (Fsp3) is 0.161. The first-order chi connectivity index (χ1) is 17.5. The van der Waals surface area contributed by atoms with E-state index in [1.165, 1.54) is 0 Å². The minimum atomic E-state index is -0.759. The van der Waals surface area contributed by atoms with Crippen LogP contribution in [0.25, 0.3) is 11.6 Å². The number of ketones is 1. The SMILES string of the molecule is Cc1ccccc1Nc1ccc(C(=O)C2=c3ccc4c(c3CCC2)C(O)C=c2c(Cl)cccc2=4)cn1. The number of benzene rings is 3. The average molecular weight is 493 g/mol. The van der Waals surface area contributed by atoms with Crippen molar-refractivity contribution in [1.82, 2.24) is 4.98 Å². The van der Waals surface area contributed by atoms with Crippen LogP contribution in [0.4, 0.5) is 11.5 Å². The number of nitrogens with zero attached hydrogens (tertiary/aromatic N) is 1. The molecule has 0 fully saturated rings. The molecular weight excluding hydrogens is 468 g/mol. The molecule has 0 bridgehead atoms. The first-order valence-electron chi connectivity index (χ1n) is 12.2. The molecule has 0 saturated heterocycles. The van der Waals surface area contributed by atoms with E-state index in [0.717, 1.165) is 61.7 Å². The fourth-order valence-corrected chi connectivity index (χ4v) is 5.65. The van der Waals surface area contributed by atoms with E-state index in [4.69, 9.17) is 11.6 Å². The topological polar surface area (TPSA) is 62.2 Å². The first kappa shape index (κ1) is 22.7. The molecule has 1 unspecified atom stereocenters. The summed E-state index contributed by atoms with van der Waals surface area (Å²) in [7, 11) is 0. The lowest BCUT2D eigenvalue weighted by Crippen LogP contribution is -2.27. The van der Waals surface area contributed by atoms with Gasteiger partial charge in [0.25, 0.3) is 0 Å². The predicted molar refractivity (Wildman–Crippen MR) is 144 cm³/mol. The normalized spacial score (nSPS) is 15.9. The number of rotatable bonds is 4. The molecule has 0 aliphatic heterocycles. The van der Waals surface area contributed by atoms with Crippen molar-refractivity contribution in [3.8, 4) is 0 Å². The summed E-state index contributed by atoms with van der Waals surface area (Å²) < 4.78 is 0. The number of carbonyl (C=O) groups is 1. The monoisotopic (exact) mass is 492 g/mol. The van der Waals surface area contributed by atoms with Crippen LogP contribution in [0.1, 0.15) is 46.0 Å². The van der Waals surface area contributed by atoms with Crippen LogP contribution in [-0.2, 0) is 6.42 Å². The Hall–Kier alpha value is -3.73. The second-order valence-electron chi connectivity index (χ2n) is 9.40. The molecule has 178 valence electrons. The lowest BCUT2D eigenvalue weighted by Gasteiger charge is -2.22. The van der Waals surface area contributed by atoms with Crippen LogP contribution in [-0.4, -0.2) is 15.9 Å². The van der Waals surface area contributed by atoms with Crippen LogP contribution >= 0.6 is 11.6 Å². The van der Waals surface area contributed by atoms with Crippen molar-refractivity contribution in [3.63, 3.8) is 0 Å². The maximum Gasteiger partial charge on any atom is 0.191 e. The maximum atomic E-state index is 13.6.